The molecule has 2 aromatic carbocycles. The van der Waals surface area contributed by atoms with Crippen molar-refractivity contribution in [2.45, 2.75) is 6.42 Å². The number of hydrogen-bond acceptors (Lipinski definition) is 4. The topological polar surface area (TPSA) is 98.0 Å². The van der Waals surface area contributed by atoms with E-state index in [1.54, 1.807) is 44.6 Å². The standard InChI is InChI=1S/C19H24N4O3.HI/c1-25-15-9-10-17(26-2)16(13-15)23-19(20)22-12-6-11-21-18(24)14-7-4-3-5-8-14;/h3-5,7-10,13H,6,11-12H2,1-2H3,(H,21,24)(H3,20,22,23);1H. The Hall–Kier alpha value is -2.49. The van der Waals surface area contributed by atoms with E-state index in [1.807, 2.05) is 18.2 Å². The molecule has 146 valence electrons. The second-order valence-electron chi connectivity index (χ2n) is 5.43. The van der Waals surface area contributed by atoms with Gasteiger partial charge in [-0.2, -0.15) is 0 Å². The van der Waals surface area contributed by atoms with Gasteiger partial charge in [0.1, 0.15) is 11.5 Å². The number of nitrogens with one attached hydrogen (secondary N) is 2. The molecule has 0 fully saturated rings. The van der Waals surface area contributed by atoms with Crippen molar-refractivity contribution in [1.29, 1.82) is 0 Å². The molecule has 8 heteroatoms. The lowest BCUT2D eigenvalue weighted by molar-refractivity contribution is 0.0953. The zero-order valence-corrected chi connectivity index (χ0v) is 17.7. The number of amides is 1. The van der Waals surface area contributed by atoms with Crippen LogP contribution in [0, 0.1) is 0 Å². The first kappa shape index (κ1) is 22.6. The lowest BCUT2D eigenvalue weighted by Gasteiger charge is -2.12. The molecule has 0 atom stereocenters. The number of nitrogens with zero attached hydrogens (tertiary/aromatic N) is 1. The molecule has 1 amide bonds. The smallest absolute Gasteiger partial charge is 0.251 e. The van der Waals surface area contributed by atoms with Crippen molar-refractivity contribution in [2.24, 2.45) is 10.7 Å². The Kier molecular flexibility index (Phi) is 10.0. The second-order valence-corrected chi connectivity index (χ2v) is 5.43. The second kappa shape index (κ2) is 12.0. The van der Waals surface area contributed by atoms with Gasteiger partial charge in [0, 0.05) is 24.7 Å². The predicted octanol–water partition coefficient (Wildman–Crippen LogP) is 2.87. The fourth-order valence-corrected chi connectivity index (χ4v) is 2.26. The van der Waals surface area contributed by atoms with Gasteiger partial charge in [-0.3, -0.25) is 9.79 Å². The van der Waals surface area contributed by atoms with Crippen LogP contribution in [0.5, 0.6) is 11.5 Å². The van der Waals surface area contributed by atoms with Gasteiger partial charge >= 0.3 is 0 Å². The fraction of sp³-hybridized carbons (Fsp3) is 0.263. The van der Waals surface area contributed by atoms with Gasteiger partial charge in [0.25, 0.3) is 5.91 Å². The molecular weight excluding hydrogens is 459 g/mol. The molecule has 0 saturated carbocycles. The van der Waals surface area contributed by atoms with Gasteiger partial charge in [-0.1, -0.05) is 18.2 Å². The number of carbonyl (C=O) groups is 1. The monoisotopic (exact) mass is 484 g/mol. The summed E-state index contributed by atoms with van der Waals surface area (Å²) >= 11 is 0. The molecule has 0 aromatic heterocycles. The number of benzene rings is 2. The molecule has 0 spiro atoms. The Morgan fingerprint density at radius 2 is 1.85 bits per heavy atom. The zero-order chi connectivity index (χ0) is 18.8. The van der Waals surface area contributed by atoms with Crippen LogP contribution in [0.15, 0.2) is 53.5 Å². The number of nitrogens with two attached hydrogens (primary N) is 1. The number of halogens is 1. The summed E-state index contributed by atoms with van der Waals surface area (Å²) in [6.45, 7) is 1.01. The Balaban J connectivity index is 0.00000364. The van der Waals surface area contributed by atoms with Crippen molar-refractivity contribution in [3.05, 3.63) is 54.1 Å². The molecule has 27 heavy (non-hydrogen) atoms. The van der Waals surface area contributed by atoms with Gasteiger partial charge in [-0.15, -0.1) is 24.0 Å². The summed E-state index contributed by atoms with van der Waals surface area (Å²) in [6.07, 6.45) is 0.677. The summed E-state index contributed by atoms with van der Waals surface area (Å²) in [6, 6.07) is 14.4. The molecule has 0 aliphatic heterocycles. The molecule has 0 unspecified atom stereocenters. The molecule has 0 aliphatic carbocycles. The van der Waals surface area contributed by atoms with Crippen LogP contribution in [-0.4, -0.2) is 39.2 Å². The van der Waals surface area contributed by atoms with Gasteiger partial charge < -0.3 is 25.8 Å². The summed E-state index contributed by atoms with van der Waals surface area (Å²) in [7, 11) is 3.17. The highest BCUT2D eigenvalue weighted by atomic mass is 127. The first-order valence-electron chi connectivity index (χ1n) is 8.26. The highest BCUT2D eigenvalue weighted by Gasteiger charge is 2.06. The highest BCUT2D eigenvalue weighted by Crippen LogP contribution is 2.28. The van der Waals surface area contributed by atoms with Crippen LogP contribution < -0.4 is 25.8 Å². The van der Waals surface area contributed by atoms with Gasteiger partial charge in [0.2, 0.25) is 0 Å². The van der Waals surface area contributed by atoms with Crippen LogP contribution in [0.4, 0.5) is 5.69 Å². The Labute approximate surface area is 176 Å². The van der Waals surface area contributed by atoms with Crippen LogP contribution in [0.1, 0.15) is 16.8 Å². The summed E-state index contributed by atoms with van der Waals surface area (Å²) in [5, 5.41) is 5.85. The lowest BCUT2D eigenvalue weighted by atomic mass is 10.2. The van der Waals surface area contributed by atoms with E-state index in [9.17, 15) is 4.79 Å². The molecular formula is C19H25IN4O3. The number of anilines is 1. The zero-order valence-electron chi connectivity index (χ0n) is 15.4. The minimum Gasteiger partial charge on any atom is -0.497 e. The average molecular weight is 484 g/mol. The van der Waals surface area contributed by atoms with Crippen molar-refractivity contribution in [3.8, 4) is 11.5 Å². The van der Waals surface area contributed by atoms with E-state index in [0.717, 1.165) is 0 Å². The lowest BCUT2D eigenvalue weighted by Crippen LogP contribution is -2.26. The number of hydrogen-bond donors (Lipinski definition) is 3. The summed E-state index contributed by atoms with van der Waals surface area (Å²) in [5.41, 5.74) is 7.22. The quantitative estimate of drug-likeness (QED) is 0.232. The highest BCUT2D eigenvalue weighted by molar-refractivity contribution is 14.0. The molecule has 2 rings (SSSR count). The van der Waals surface area contributed by atoms with Crippen LogP contribution in [0.2, 0.25) is 0 Å². The van der Waals surface area contributed by atoms with Gasteiger partial charge in [0.15, 0.2) is 5.96 Å². The van der Waals surface area contributed by atoms with Crippen LogP contribution in [0.3, 0.4) is 0 Å². The predicted molar refractivity (Wildman–Crippen MR) is 118 cm³/mol. The summed E-state index contributed by atoms with van der Waals surface area (Å²) < 4.78 is 10.5. The Bertz CT molecular complexity index is 754. The maximum Gasteiger partial charge on any atom is 0.251 e. The normalized spacial score (nSPS) is 10.5. The molecule has 0 heterocycles. The molecule has 4 N–H and O–H groups in total. The summed E-state index contributed by atoms with van der Waals surface area (Å²) in [4.78, 5) is 16.2. The minimum atomic E-state index is -0.0956. The van der Waals surface area contributed by atoms with E-state index in [1.165, 1.54) is 0 Å². The molecule has 7 nitrogen and oxygen atoms in total. The van der Waals surface area contributed by atoms with Crippen molar-refractivity contribution in [2.75, 3.05) is 32.6 Å². The summed E-state index contributed by atoms with van der Waals surface area (Å²) in [5.74, 6) is 1.50. The van der Waals surface area contributed by atoms with E-state index >= 15 is 0 Å². The fourth-order valence-electron chi connectivity index (χ4n) is 2.26. The number of carbonyl (C=O) groups excluding carboxylic acids is 1. The Morgan fingerprint density at radius 3 is 2.52 bits per heavy atom. The number of methoxy groups -OCH3 is 2. The van der Waals surface area contributed by atoms with E-state index in [0.29, 0.717) is 42.3 Å². The van der Waals surface area contributed by atoms with E-state index in [-0.39, 0.29) is 35.8 Å². The third-order valence-corrected chi connectivity index (χ3v) is 3.61. The maximum atomic E-state index is 11.9. The number of aliphatic imine (C=N–C) groups is 1. The minimum absolute atomic E-state index is 0. The number of guanidine groups is 1. The van der Waals surface area contributed by atoms with E-state index in [2.05, 4.69) is 15.6 Å². The third kappa shape index (κ3) is 7.33. The van der Waals surface area contributed by atoms with E-state index < -0.39 is 0 Å². The first-order chi connectivity index (χ1) is 12.6. The molecule has 2 aromatic rings. The maximum absolute atomic E-state index is 11.9. The van der Waals surface area contributed by atoms with Crippen LogP contribution >= 0.6 is 24.0 Å². The average Bonchev–Trinajstić information content (AvgIpc) is 2.68. The van der Waals surface area contributed by atoms with Crippen molar-refractivity contribution >= 4 is 41.5 Å². The molecule has 0 aliphatic rings. The van der Waals surface area contributed by atoms with Crippen LogP contribution in [-0.2, 0) is 0 Å². The van der Waals surface area contributed by atoms with Crippen molar-refractivity contribution < 1.29 is 14.3 Å². The van der Waals surface area contributed by atoms with Crippen molar-refractivity contribution in [1.82, 2.24) is 5.32 Å². The largest absolute Gasteiger partial charge is 0.497 e. The Morgan fingerprint density at radius 1 is 1.11 bits per heavy atom. The molecule has 0 saturated heterocycles. The number of ether oxygens (including phenoxy) is 2. The van der Waals surface area contributed by atoms with Gasteiger partial charge in [-0.05, 0) is 30.7 Å². The van der Waals surface area contributed by atoms with E-state index in [4.69, 9.17) is 15.2 Å². The van der Waals surface area contributed by atoms with Crippen molar-refractivity contribution in [3.63, 3.8) is 0 Å². The van der Waals surface area contributed by atoms with Gasteiger partial charge in [0.05, 0.1) is 19.9 Å². The molecule has 0 bridgehead atoms. The SMILES string of the molecule is COc1ccc(OC)c(NC(N)=NCCCNC(=O)c2ccccc2)c1.I. The number of rotatable bonds is 8. The first-order valence-corrected chi connectivity index (χ1v) is 8.26. The third-order valence-electron chi connectivity index (χ3n) is 3.61. The molecule has 0 radical (unpaired) electrons. The van der Waals surface area contributed by atoms with Crippen LogP contribution in [0.25, 0.3) is 0 Å². The van der Waals surface area contributed by atoms with Gasteiger partial charge in [-0.25, -0.2) is 0 Å².